The summed E-state index contributed by atoms with van der Waals surface area (Å²) in [7, 11) is -15.3. The van der Waals surface area contributed by atoms with Crippen LogP contribution in [0.25, 0.3) is 32.3 Å². The molecule has 0 aliphatic rings. The van der Waals surface area contributed by atoms with E-state index >= 15 is 0 Å². The molecular weight excluding hydrogens is 689 g/mol. The second-order valence-corrected chi connectivity index (χ2v) is 14.3. The van der Waals surface area contributed by atoms with E-state index in [0.29, 0.717) is 16.8 Å². The summed E-state index contributed by atoms with van der Waals surface area (Å²) in [4.78, 5) is -2.49. The van der Waals surface area contributed by atoms with E-state index in [1.807, 2.05) is 0 Å². The molecule has 0 aliphatic heterocycles. The second-order valence-electron chi connectivity index (χ2n) is 10.2. The standard InChI is InChI=1S/C30H20N4O11S3/c35-24-11-9-16-5-1-2-6-19(16)28(24)33-32-23-15-18(46(37,38)39)13-17-14-26(48(43,44)45)29(30(36)27(17)23)34-31-22-10-12-25(47(40,41)42)21-8-4-3-7-20(21)22/h1-15,35-36H,(H,37,38,39)(H,40,41,42)(H,43,44,45)/p-2. The third-order valence-electron chi connectivity index (χ3n) is 7.20. The highest BCUT2D eigenvalue weighted by molar-refractivity contribution is 7.86. The van der Waals surface area contributed by atoms with Crippen LogP contribution in [0.5, 0.6) is 11.5 Å². The van der Waals surface area contributed by atoms with Gasteiger partial charge in [0, 0.05) is 16.2 Å². The zero-order valence-corrected chi connectivity index (χ0v) is 26.2. The number of rotatable bonds is 7. The van der Waals surface area contributed by atoms with Crippen molar-refractivity contribution >= 4 is 85.4 Å². The molecule has 0 amide bonds. The van der Waals surface area contributed by atoms with Crippen molar-refractivity contribution in [3.05, 3.63) is 91.0 Å². The van der Waals surface area contributed by atoms with Crippen LogP contribution in [0, 0.1) is 0 Å². The monoisotopic (exact) mass is 706 g/mol. The fourth-order valence-electron chi connectivity index (χ4n) is 5.07. The van der Waals surface area contributed by atoms with Crippen molar-refractivity contribution < 1.29 is 49.1 Å². The van der Waals surface area contributed by atoms with E-state index in [1.165, 1.54) is 30.3 Å². The van der Waals surface area contributed by atoms with E-state index < -0.39 is 62.2 Å². The van der Waals surface area contributed by atoms with Crippen molar-refractivity contribution in [2.75, 3.05) is 0 Å². The third kappa shape index (κ3) is 6.06. The van der Waals surface area contributed by atoms with Gasteiger partial charge in [0.1, 0.15) is 37.4 Å². The lowest BCUT2D eigenvalue weighted by molar-refractivity contribution is 0.458. The van der Waals surface area contributed by atoms with Gasteiger partial charge in [-0.1, -0.05) is 54.6 Å². The van der Waals surface area contributed by atoms with Crippen LogP contribution in [0.1, 0.15) is 0 Å². The lowest BCUT2D eigenvalue weighted by Crippen LogP contribution is -2.01. The van der Waals surface area contributed by atoms with Crippen molar-refractivity contribution in [1.29, 1.82) is 0 Å². The van der Waals surface area contributed by atoms with Gasteiger partial charge in [0.15, 0.2) is 5.75 Å². The molecule has 0 bridgehead atoms. The van der Waals surface area contributed by atoms with Gasteiger partial charge in [-0.15, -0.1) is 20.5 Å². The van der Waals surface area contributed by atoms with Crippen LogP contribution in [0.3, 0.4) is 0 Å². The summed E-state index contributed by atoms with van der Waals surface area (Å²) in [5, 5.41) is 38.1. The molecule has 0 fully saturated rings. The SMILES string of the molecule is O=S(=O)([O-])c1cc2cc(S(=O)(=O)O)cc(N=Nc3c(O)ccc4ccccc34)c2c(O)c1N=Nc1ccc(S(=O)(=O)[O-])c2ccccc12. The summed E-state index contributed by atoms with van der Waals surface area (Å²) < 4.78 is 106. The number of azo groups is 2. The predicted molar refractivity (Wildman–Crippen MR) is 169 cm³/mol. The maximum atomic E-state index is 12.4. The second kappa shape index (κ2) is 11.7. The first-order valence-electron chi connectivity index (χ1n) is 13.3. The molecule has 6 rings (SSSR count). The number of fused-ring (bicyclic) bond motifs is 3. The first-order valence-corrected chi connectivity index (χ1v) is 17.6. The molecule has 3 N–H and O–H groups in total. The molecule has 18 heteroatoms. The molecule has 0 saturated heterocycles. The number of aromatic hydroxyl groups is 2. The van der Waals surface area contributed by atoms with Crippen LogP contribution in [-0.4, -0.2) is 49.1 Å². The lowest BCUT2D eigenvalue weighted by Gasteiger charge is -2.15. The molecule has 0 radical (unpaired) electrons. The van der Waals surface area contributed by atoms with Crippen molar-refractivity contribution in [3.8, 4) is 11.5 Å². The Balaban J connectivity index is 1.62. The normalized spacial score (nSPS) is 13.0. The van der Waals surface area contributed by atoms with E-state index in [0.717, 1.165) is 24.3 Å². The van der Waals surface area contributed by atoms with Gasteiger partial charge in [0.05, 0.1) is 31.4 Å². The van der Waals surface area contributed by atoms with Gasteiger partial charge >= 0.3 is 0 Å². The van der Waals surface area contributed by atoms with Crippen LogP contribution < -0.4 is 0 Å². The topological polar surface area (TPSA) is 259 Å². The van der Waals surface area contributed by atoms with E-state index in [2.05, 4.69) is 20.5 Å². The summed E-state index contributed by atoms with van der Waals surface area (Å²) >= 11 is 0. The lowest BCUT2D eigenvalue weighted by atomic mass is 10.1. The molecule has 0 aliphatic carbocycles. The van der Waals surface area contributed by atoms with E-state index in [4.69, 9.17) is 0 Å². The summed E-state index contributed by atoms with van der Waals surface area (Å²) in [5.41, 5.74) is -1.48. The highest BCUT2D eigenvalue weighted by atomic mass is 32.2. The Morgan fingerprint density at radius 3 is 1.81 bits per heavy atom. The summed E-state index contributed by atoms with van der Waals surface area (Å²) in [5.74, 6) is -1.32. The number of hydrogen-bond donors (Lipinski definition) is 3. The molecule has 0 unspecified atom stereocenters. The first-order chi connectivity index (χ1) is 22.5. The van der Waals surface area contributed by atoms with Crippen molar-refractivity contribution in [1.82, 2.24) is 0 Å². The highest BCUT2D eigenvalue weighted by Gasteiger charge is 2.23. The first kappa shape index (κ1) is 32.6. The zero-order valence-electron chi connectivity index (χ0n) is 23.8. The molecule has 0 heterocycles. The Morgan fingerprint density at radius 2 is 1.15 bits per heavy atom. The molecular formula is C30H18N4O11S3-2. The van der Waals surface area contributed by atoms with Crippen LogP contribution in [0.15, 0.2) is 126 Å². The van der Waals surface area contributed by atoms with Crippen molar-refractivity contribution in [3.63, 3.8) is 0 Å². The number of nitrogens with zero attached hydrogens (tertiary/aromatic N) is 4. The number of phenols is 2. The Morgan fingerprint density at radius 1 is 0.542 bits per heavy atom. The fourth-order valence-corrected chi connectivity index (χ4v) is 6.93. The Kier molecular flexibility index (Phi) is 7.94. The van der Waals surface area contributed by atoms with Crippen LogP contribution in [0.2, 0.25) is 0 Å². The van der Waals surface area contributed by atoms with Gasteiger partial charge in [-0.3, -0.25) is 4.55 Å². The molecule has 0 atom stereocenters. The van der Waals surface area contributed by atoms with Crippen molar-refractivity contribution in [2.24, 2.45) is 20.5 Å². The molecule has 48 heavy (non-hydrogen) atoms. The van der Waals surface area contributed by atoms with Crippen LogP contribution in [-0.2, 0) is 30.4 Å². The maximum absolute atomic E-state index is 12.4. The van der Waals surface area contributed by atoms with E-state index in [-0.39, 0.29) is 38.7 Å². The zero-order chi connectivity index (χ0) is 34.6. The van der Waals surface area contributed by atoms with Crippen molar-refractivity contribution in [2.45, 2.75) is 14.7 Å². The number of benzene rings is 6. The smallest absolute Gasteiger partial charge is 0.294 e. The van der Waals surface area contributed by atoms with Gasteiger partial charge in [-0.25, -0.2) is 16.8 Å². The fraction of sp³-hybridized carbons (Fsp3) is 0. The number of phenolic OH excluding ortho intramolecular Hbond substituents is 2. The predicted octanol–water partition coefficient (Wildman–Crippen LogP) is 6.44. The molecule has 0 aromatic heterocycles. The minimum Gasteiger partial charge on any atom is -0.744 e. The highest BCUT2D eigenvalue weighted by Crippen LogP contribution is 2.47. The largest absolute Gasteiger partial charge is 0.744 e. The molecule has 0 spiro atoms. The maximum Gasteiger partial charge on any atom is 0.294 e. The Hall–Kier alpha value is -5.37. The Labute approximate surface area is 271 Å². The summed E-state index contributed by atoms with van der Waals surface area (Å²) in [6.07, 6.45) is 0. The average Bonchev–Trinajstić information content (AvgIpc) is 3.01. The van der Waals surface area contributed by atoms with E-state index in [1.54, 1.807) is 30.3 Å². The van der Waals surface area contributed by atoms with E-state index in [9.17, 15) is 49.1 Å². The van der Waals surface area contributed by atoms with Crippen LogP contribution >= 0.6 is 0 Å². The van der Waals surface area contributed by atoms with Gasteiger partial charge in [0.2, 0.25) is 0 Å². The van der Waals surface area contributed by atoms with Crippen LogP contribution in [0.4, 0.5) is 22.7 Å². The molecule has 6 aromatic rings. The molecule has 244 valence electrons. The molecule has 0 saturated carbocycles. The number of hydrogen-bond acceptors (Lipinski definition) is 14. The van der Waals surface area contributed by atoms with Gasteiger partial charge in [0.25, 0.3) is 10.1 Å². The Bertz CT molecular complexity index is 2730. The average molecular weight is 707 g/mol. The van der Waals surface area contributed by atoms with Gasteiger partial charge in [-0.2, -0.15) is 8.42 Å². The minimum absolute atomic E-state index is 0.0273. The molecule has 15 nitrogen and oxygen atoms in total. The molecule has 6 aromatic carbocycles. The minimum atomic E-state index is -5.45. The van der Waals surface area contributed by atoms with Gasteiger partial charge < -0.3 is 19.3 Å². The quantitative estimate of drug-likeness (QED) is 0.120. The van der Waals surface area contributed by atoms with Gasteiger partial charge in [-0.05, 0) is 47.2 Å². The summed E-state index contributed by atoms with van der Waals surface area (Å²) in [6.45, 7) is 0. The summed E-state index contributed by atoms with van der Waals surface area (Å²) in [6, 6.07) is 19.8. The third-order valence-corrected chi connectivity index (χ3v) is 9.77.